The molecule has 0 unspecified atom stereocenters. The molecule has 1 aliphatic heterocycles. The monoisotopic (exact) mass is 365 g/mol. The predicted octanol–water partition coefficient (Wildman–Crippen LogP) is 1.21. The van der Waals surface area contributed by atoms with E-state index in [0.29, 0.717) is 25.3 Å². The quantitative estimate of drug-likeness (QED) is 0.863. The predicted molar refractivity (Wildman–Crippen MR) is 94.1 cm³/mol. The summed E-state index contributed by atoms with van der Waals surface area (Å²) >= 11 is 0. The number of hydrogen-bond donors (Lipinski definition) is 1. The Bertz CT molecular complexity index is 1010. The van der Waals surface area contributed by atoms with Crippen LogP contribution in [0.3, 0.4) is 0 Å². The molecule has 25 heavy (non-hydrogen) atoms. The maximum Gasteiger partial charge on any atom is 0.328 e. The molecule has 0 spiro atoms. The Morgan fingerprint density at radius 1 is 1.20 bits per heavy atom. The molecule has 8 heteroatoms. The van der Waals surface area contributed by atoms with E-state index < -0.39 is 10.0 Å². The van der Waals surface area contributed by atoms with Gasteiger partial charge in [0.05, 0.1) is 29.1 Å². The molecule has 136 valence electrons. The first-order valence-corrected chi connectivity index (χ1v) is 9.92. The van der Waals surface area contributed by atoms with E-state index in [1.54, 1.807) is 29.8 Å². The molecule has 1 N–H and O–H groups in total. The lowest BCUT2D eigenvalue weighted by Gasteiger charge is -2.38. The van der Waals surface area contributed by atoms with Crippen molar-refractivity contribution in [3.05, 3.63) is 28.7 Å². The number of benzene rings is 1. The van der Waals surface area contributed by atoms with Gasteiger partial charge < -0.3 is 4.74 Å². The van der Waals surface area contributed by atoms with Crippen LogP contribution in [0.5, 0.6) is 0 Å². The topological polar surface area (TPSA) is 82.3 Å². The zero-order valence-corrected chi connectivity index (χ0v) is 15.5. The Hall–Kier alpha value is -1.64. The third-order valence-electron chi connectivity index (χ3n) is 5.25. The van der Waals surface area contributed by atoms with Gasteiger partial charge in [-0.25, -0.2) is 17.9 Å². The number of aromatic nitrogens is 2. The van der Waals surface area contributed by atoms with E-state index in [2.05, 4.69) is 11.6 Å². The van der Waals surface area contributed by atoms with Crippen LogP contribution < -0.4 is 10.4 Å². The summed E-state index contributed by atoms with van der Waals surface area (Å²) in [4.78, 5) is 12.8. The van der Waals surface area contributed by atoms with Crippen molar-refractivity contribution in [3.63, 3.8) is 0 Å². The fourth-order valence-corrected chi connectivity index (χ4v) is 4.79. The molecule has 2 aromatic rings. The van der Waals surface area contributed by atoms with Gasteiger partial charge in [0.1, 0.15) is 0 Å². The molecule has 0 radical (unpaired) electrons. The van der Waals surface area contributed by atoms with Crippen molar-refractivity contribution in [1.82, 2.24) is 13.9 Å². The van der Waals surface area contributed by atoms with Gasteiger partial charge in [-0.2, -0.15) is 0 Å². The number of imidazole rings is 1. The number of nitrogens with one attached hydrogen (secondary N) is 1. The van der Waals surface area contributed by atoms with Crippen LogP contribution in [0.2, 0.25) is 0 Å². The number of hydrogen-bond acceptors (Lipinski definition) is 4. The summed E-state index contributed by atoms with van der Waals surface area (Å²) in [5.41, 5.74) is 0.852. The minimum Gasteiger partial charge on any atom is -0.380 e. The molecule has 2 aliphatic rings. The van der Waals surface area contributed by atoms with Crippen molar-refractivity contribution < 1.29 is 13.2 Å². The average molecular weight is 365 g/mol. The maximum absolute atomic E-state index is 12.6. The fraction of sp³-hybridized carbons (Fsp3) is 0.588. The number of sulfonamides is 1. The van der Waals surface area contributed by atoms with E-state index in [9.17, 15) is 13.2 Å². The molecule has 2 fully saturated rings. The van der Waals surface area contributed by atoms with E-state index in [1.807, 2.05) is 6.92 Å². The summed E-state index contributed by atoms with van der Waals surface area (Å²) in [6.07, 6.45) is 1.70. The highest BCUT2D eigenvalue weighted by Gasteiger charge is 2.41. The number of rotatable bonds is 5. The Labute approximate surface area is 146 Å². The second kappa shape index (κ2) is 5.18. The van der Waals surface area contributed by atoms with E-state index in [1.165, 1.54) is 4.57 Å². The van der Waals surface area contributed by atoms with E-state index >= 15 is 0 Å². The highest BCUT2D eigenvalue weighted by atomic mass is 32.2. The molecule has 1 aromatic heterocycles. The molecule has 1 saturated heterocycles. The smallest absolute Gasteiger partial charge is 0.328 e. The Kier molecular flexibility index (Phi) is 3.49. The molecular formula is C17H23N3O4S. The number of aryl methyl sites for hydroxylation is 1. The third kappa shape index (κ3) is 2.82. The highest BCUT2D eigenvalue weighted by molar-refractivity contribution is 7.89. The summed E-state index contributed by atoms with van der Waals surface area (Å²) < 4.78 is 36.4. The van der Waals surface area contributed by atoms with Crippen molar-refractivity contribution in [2.45, 2.75) is 43.7 Å². The lowest BCUT2D eigenvalue weighted by molar-refractivity contribution is -0.110. The molecule has 1 saturated carbocycles. The van der Waals surface area contributed by atoms with Crippen LogP contribution in [0.15, 0.2) is 27.9 Å². The van der Waals surface area contributed by atoms with E-state index in [4.69, 9.17) is 4.74 Å². The molecule has 0 bridgehead atoms. The van der Waals surface area contributed by atoms with Crippen molar-refractivity contribution in [1.29, 1.82) is 0 Å². The van der Waals surface area contributed by atoms with Gasteiger partial charge >= 0.3 is 5.69 Å². The number of nitrogens with zero attached hydrogens (tertiary/aromatic N) is 2. The minimum absolute atomic E-state index is 0.0506. The van der Waals surface area contributed by atoms with Gasteiger partial charge in [-0.3, -0.25) is 9.13 Å². The van der Waals surface area contributed by atoms with Gasteiger partial charge in [-0.05, 0) is 38.0 Å². The summed E-state index contributed by atoms with van der Waals surface area (Å²) in [6, 6.07) is 4.89. The molecule has 1 aliphatic carbocycles. The van der Waals surface area contributed by atoms with Crippen molar-refractivity contribution in [2.24, 2.45) is 12.5 Å². The SMILES string of the molecule is Cn1c(=O)n(CC2(C)COC2)c2ccc(S(=O)(=O)NC3(C)CC3)cc21. The Balaban J connectivity index is 1.76. The van der Waals surface area contributed by atoms with Gasteiger partial charge in [-0.15, -0.1) is 0 Å². The van der Waals surface area contributed by atoms with Crippen molar-refractivity contribution in [2.75, 3.05) is 13.2 Å². The lowest BCUT2D eigenvalue weighted by Crippen LogP contribution is -2.45. The van der Waals surface area contributed by atoms with E-state index in [-0.39, 0.29) is 21.5 Å². The van der Waals surface area contributed by atoms with Gasteiger partial charge in [0.25, 0.3) is 0 Å². The lowest BCUT2D eigenvalue weighted by atomic mass is 9.88. The standard InChI is InChI=1S/C17H23N3O4S/c1-16(10-24-11-16)9-20-13-5-4-12(8-14(13)19(3)15(20)21)25(22,23)18-17(2)6-7-17/h4-5,8,18H,6-7,9-11H2,1-3H3. The molecule has 0 atom stereocenters. The molecule has 7 nitrogen and oxygen atoms in total. The van der Waals surface area contributed by atoms with Crippen molar-refractivity contribution >= 4 is 21.1 Å². The molecule has 0 amide bonds. The van der Waals surface area contributed by atoms with Gasteiger partial charge in [-0.1, -0.05) is 6.92 Å². The van der Waals surface area contributed by atoms with Crippen LogP contribution in [0, 0.1) is 5.41 Å². The van der Waals surface area contributed by atoms with E-state index in [0.717, 1.165) is 18.4 Å². The van der Waals surface area contributed by atoms with Crippen LogP contribution in [-0.4, -0.2) is 36.3 Å². The number of fused-ring (bicyclic) bond motifs is 1. The second-order valence-corrected chi connectivity index (χ2v) is 9.73. The first-order chi connectivity index (χ1) is 11.6. The first-order valence-electron chi connectivity index (χ1n) is 8.44. The molecule has 2 heterocycles. The van der Waals surface area contributed by atoms with Gasteiger partial charge in [0.2, 0.25) is 10.0 Å². The third-order valence-corrected chi connectivity index (χ3v) is 6.88. The fourth-order valence-electron chi connectivity index (χ4n) is 3.30. The average Bonchev–Trinajstić information content (AvgIpc) is 3.19. The second-order valence-electron chi connectivity index (χ2n) is 8.05. The van der Waals surface area contributed by atoms with Gasteiger partial charge in [0.15, 0.2) is 0 Å². The minimum atomic E-state index is -3.59. The van der Waals surface area contributed by atoms with Crippen LogP contribution in [0.4, 0.5) is 0 Å². The van der Waals surface area contributed by atoms with Crippen LogP contribution in [0.25, 0.3) is 11.0 Å². The summed E-state index contributed by atoms with van der Waals surface area (Å²) in [5, 5.41) is 0. The highest BCUT2D eigenvalue weighted by Crippen LogP contribution is 2.36. The van der Waals surface area contributed by atoms with Crippen LogP contribution in [0.1, 0.15) is 26.7 Å². The Morgan fingerprint density at radius 3 is 2.44 bits per heavy atom. The zero-order chi connectivity index (χ0) is 18.0. The normalized spacial score (nSPS) is 21.2. The summed E-state index contributed by atoms with van der Waals surface area (Å²) in [6.45, 7) is 5.80. The largest absolute Gasteiger partial charge is 0.380 e. The first kappa shape index (κ1) is 16.8. The molecular weight excluding hydrogens is 342 g/mol. The zero-order valence-electron chi connectivity index (χ0n) is 14.7. The molecule has 4 rings (SSSR count). The number of ether oxygens (including phenoxy) is 1. The summed E-state index contributed by atoms with van der Waals surface area (Å²) in [5.74, 6) is 0. The van der Waals surface area contributed by atoms with Gasteiger partial charge in [0, 0.05) is 24.5 Å². The van der Waals surface area contributed by atoms with Crippen molar-refractivity contribution in [3.8, 4) is 0 Å². The van der Waals surface area contributed by atoms with Crippen LogP contribution in [-0.2, 0) is 28.4 Å². The summed E-state index contributed by atoms with van der Waals surface area (Å²) in [7, 11) is -1.92. The maximum atomic E-state index is 12.6. The molecule has 1 aromatic carbocycles. The van der Waals surface area contributed by atoms with Crippen LogP contribution >= 0.6 is 0 Å². The Morgan fingerprint density at radius 2 is 1.88 bits per heavy atom.